The number of carbonyl (C=O) groups excluding carboxylic acids is 1. The summed E-state index contributed by atoms with van der Waals surface area (Å²) < 4.78 is 11.6. The third-order valence-electron chi connectivity index (χ3n) is 5.69. The number of rotatable bonds is 6. The van der Waals surface area contributed by atoms with Crippen LogP contribution in [0.2, 0.25) is 0 Å². The lowest BCUT2D eigenvalue weighted by Crippen LogP contribution is -2.30. The topological polar surface area (TPSA) is 60.4 Å². The van der Waals surface area contributed by atoms with Gasteiger partial charge in [-0.2, -0.15) is 0 Å². The SMILES string of the molecule is COc1ccc(C2=NOC(CC(=O)N3CCCC3)C2)cc1OC1CCCC1. The fourth-order valence-electron chi connectivity index (χ4n) is 4.13. The van der Waals surface area contributed by atoms with Gasteiger partial charge in [0.25, 0.3) is 0 Å². The molecule has 1 atom stereocenters. The van der Waals surface area contributed by atoms with Crippen molar-refractivity contribution in [1.82, 2.24) is 4.90 Å². The zero-order chi connectivity index (χ0) is 18.6. The van der Waals surface area contributed by atoms with Crippen molar-refractivity contribution in [3.63, 3.8) is 0 Å². The molecule has 6 nitrogen and oxygen atoms in total. The van der Waals surface area contributed by atoms with Gasteiger partial charge in [-0.15, -0.1) is 0 Å². The minimum Gasteiger partial charge on any atom is -0.493 e. The molecule has 1 amide bonds. The molecule has 2 fully saturated rings. The summed E-state index contributed by atoms with van der Waals surface area (Å²) in [5.74, 6) is 1.68. The zero-order valence-corrected chi connectivity index (χ0v) is 16.0. The fourth-order valence-corrected chi connectivity index (χ4v) is 4.13. The molecule has 2 aliphatic heterocycles. The summed E-state index contributed by atoms with van der Waals surface area (Å²) in [5, 5.41) is 4.25. The van der Waals surface area contributed by atoms with E-state index in [9.17, 15) is 4.79 Å². The Balaban J connectivity index is 1.40. The average molecular weight is 372 g/mol. The van der Waals surface area contributed by atoms with Crippen LogP contribution in [0.1, 0.15) is 56.9 Å². The van der Waals surface area contributed by atoms with Crippen molar-refractivity contribution in [3.8, 4) is 11.5 Å². The molecule has 27 heavy (non-hydrogen) atoms. The van der Waals surface area contributed by atoms with Crippen LogP contribution in [-0.2, 0) is 9.63 Å². The summed E-state index contributed by atoms with van der Waals surface area (Å²) in [6.45, 7) is 1.75. The van der Waals surface area contributed by atoms with Gasteiger partial charge in [-0.1, -0.05) is 5.16 Å². The number of benzene rings is 1. The zero-order valence-electron chi connectivity index (χ0n) is 16.0. The largest absolute Gasteiger partial charge is 0.493 e. The van der Waals surface area contributed by atoms with Crippen molar-refractivity contribution in [1.29, 1.82) is 0 Å². The minimum atomic E-state index is -0.172. The number of nitrogens with zero attached hydrogens (tertiary/aromatic N) is 2. The highest BCUT2D eigenvalue weighted by Crippen LogP contribution is 2.33. The standard InChI is InChI=1S/C21H28N2O4/c1-25-19-9-8-15(12-20(19)26-16-6-2-3-7-16)18-13-17(27-22-18)14-21(24)23-10-4-5-11-23/h8-9,12,16-17H,2-7,10-11,13-14H2,1H3. The molecule has 1 saturated heterocycles. The molecule has 6 heteroatoms. The maximum atomic E-state index is 12.3. The number of hydrogen-bond acceptors (Lipinski definition) is 5. The number of oxime groups is 1. The summed E-state index contributed by atoms with van der Waals surface area (Å²) in [6, 6.07) is 5.89. The van der Waals surface area contributed by atoms with Crippen molar-refractivity contribution in [2.24, 2.45) is 5.16 Å². The van der Waals surface area contributed by atoms with Gasteiger partial charge in [-0.25, -0.2) is 0 Å². The van der Waals surface area contributed by atoms with Crippen molar-refractivity contribution >= 4 is 11.6 Å². The normalized spacial score (nSPS) is 22.6. The predicted octanol–water partition coefficient (Wildman–Crippen LogP) is 3.52. The van der Waals surface area contributed by atoms with Crippen LogP contribution in [0.5, 0.6) is 11.5 Å². The molecular weight excluding hydrogens is 344 g/mol. The second-order valence-electron chi connectivity index (χ2n) is 7.65. The second-order valence-corrected chi connectivity index (χ2v) is 7.65. The minimum absolute atomic E-state index is 0.172. The number of amides is 1. The van der Waals surface area contributed by atoms with Gasteiger partial charge in [0.2, 0.25) is 5.91 Å². The number of hydrogen-bond donors (Lipinski definition) is 0. The lowest BCUT2D eigenvalue weighted by atomic mass is 10.0. The summed E-state index contributed by atoms with van der Waals surface area (Å²) >= 11 is 0. The Hall–Kier alpha value is -2.24. The Kier molecular flexibility index (Phi) is 5.50. The summed E-state index contributed by atoms with van der Waals surface area (Å²) in [4.78, 5) is 19.8. The molecule has 1 aromatic rings. The maximum Gasteiger partial charge on any atom is 0.226 e. The lowest BCUT2D eigenvalue weighted by Gasteiger charge is -2.17. The highest BCUT2D eigenvalue weighted by molar-refractivity contribution is 6.02. The van der Waals surface area contributed by atoms with Crippen LogP contribution in [0.3, 0.4) is 0 Å². The van der Waals surface area contributed by atoms with Crippen LogP contribution in [0.15, 0.2) is 23.4 Å². The molecule has 0 radical (unpaired) electrons. The molecule has 0 bridgehead atoms. The summed E-state index contributed by atoms with van der Waals surface area (Å²) in [7, 11) is 1.66. The van der Waals surface area contributed by atoms with Gasteiger partial charge >= 0.3 is 0 Å². The Morgan fingerprint density at radius 2 is 1.96 bits per heavy atom. The molecule has 4 rings (SSSR count). The van der Waals surface area contributed by atoms with E-state index < -0.39 is 0 Å². The highest BCUT2D eigenvalue weighted by Gasteiger charge is 2.28. The van der Waals surface area contributed by atoms with Crippen molar-refractivity contribution in [3.05, 3.63) is 23.8 Å². The van der Waals surface area contributed by atoms with Crippen LogP contribution >= 0.6 is 0 Å². The fraction of sp³-hybridized carbons (Fsp3) is 0.619. The van der Waals surface area contributed by atoms with E-state index in [4.69, 9.17) is 14.3 Å². The van der Waals surface area contributed by atoms with Crippen molar-refractivity contribution < 1.29 is 19.1 Å². The quantitative estimate of drug-likeness (QED) is 0.767. The first-order valence-electron chi connectivity index (χ1n) is 10.1. The van der Waals surface area contributed by atoms with E-state index in [0.717, 1.165) is 61.5 Å². The van der Waals surface area contributed by atoms with Gasteiger partial charge in [0, 0.05) is 25.1 Å². The Labute approximate surface area is 160 Å². The second kappa shape index (κ2) is 8.19. The Morgan fingerprint density at radius 1 is 1.19 bits per heavy atom. The number of ether oxygens (including phenoxy) is 2. The molecule has 2 heterocycles. The van der Waals surface area contributed by atoms with Gasteiger partial charge in [-0.05, 0) is 56.7 Å². The Morgan fingerprint density at radius 3 is 2.70 bits per heavy atom. The van der Waals surface area contributed by atoms with Crippen LogP contribution in [0, 0.1) is 0 Å². The van der Waals surface area contributed by atoms with Crippen LogP contribution in [0.25, 0.3) is 0 Å². The lowest BCUT2D eigenvalue weighted by molar-refractivity contribution is -0.132. The monoisotopic (exact) mass is 372 g/mol. The number of likely N-dealkylation sites (tertiary alicyclic amines) is 1. The molecule has 1 aromatic carbocycles. The molecule has 0 N–H and O–H groups in total. The van der Waals surface area contributed by atoms with Crippen LogP contribution in [-0.4, -0.2) is 48.9 Å². The number of methoxy groups -OCH3 is 1. The first-order chi connectivity index (χ1) is 13.2. The van der Waals surface area contributed by atoms with Crippen molar-refractivity contribution in [2.75, 3.05) is 20.2 Å². The molecule has 1 aliphatic carbocycles. The first-order valence-corrected chi connectivity index (χ1v) is 10.1. The molecule has 146 valence electrons. The van der Waals surface area contributed by atoms with E-state index in [0.29, 0.717) is 12.8 Å². The Bertz CT molecular complexity index is 706. The van der Waals surface area contributed by atoms with E-state index >= 15 is 0 Å². The third-order valence-corrected chi connectivity index (χ3v) is 5.69. The van der Waals surface area contributed by atoms with Gasteiger partial charge in [0.05, 0.1) is 25.3 Å². The molecule has 1 saturated carbocycles. The van der Waals surface area contributed by atoms with Gasteiger partial charge in [0.1, 0.15) is 6.10 Å². The van der Waals surface area contributed by atoms with Crippen LogP contribution < -0.4 is 9.47 Å². The van der Waals surface area contributed by atoms with E-state index in [1.807, 2.05) is 23.1 Å². The van der Waals surface area contributed by atoms with E-state index in [1.165, 1.54) is 12.8 Å². The smallest absolute Gasteiger partial charge is 0.226 e. The predicted molar refractivity (Wildman–Crippen MR) is 102 cm³/mol. The average Bonchev–Trinajstić information content (AvgIpc) is 3.44. The molecular formula is C21H28N2O4. The van der Waals surface area contributed by atoms with E-state index in [2.05, 4.69) is 5.16 Å². The maximum absolute atomic E-state index is 12.3. The van der Waals surface area contributed by atoms with E-state index in [1.54, 1.807) is 7.11 Å². The van der Waals surface area contributed by atoms with Crippen molar-refractivity contribution in [2.45, 2.75) is 63.6 Å². The van der Waals surface area contributed by atoms with E-state index in [-0.39, 0.29) is 18.1 Å². The summed E-state index contributed by atoms with van der Waals surface area (Å²) in [6.07, 6.45) is 7.99. The first kappa shape index (κ1) is 18.1. The molecule has 3 aliphatic rings. The highest BCUT2D eigenvalue weighted by atomic mass is 16.6. The molecule has 0 aromatic heterocycles. The summed E-state index contributed by atoms with van der Waals surface area (Å²) in [5.41, 5.74) is 1.84. The molecule has 0 spiro atoms. The molecule has 1 unspecified atom stereocenters. The van der Waals surface area contributed by atoms with Gasteiger partial charge in [-0.3, -0.25) is 4.79 Å². The number of carbonyl (C=O) groups is 1. The third kappa shape index (κ3) is 4.20. The van der Waals surface area contributed by atoms with Crippen LogP contribution in [0.4, 0.5) is 0 Å². The van der Waals surface area contributed by atoms with Gasteiger partial charge in [0.15, 0.2) is 11.5 Å². The van der Waals surface area contributed by atoms with Gasteiger partial charge < -0.3 is 19.2 Å².